The summed E-state index contributed by atoms with van der Waals surface area (Å²) in [6.07, 6.45) is 0. The summed E-state index contributed by atoms with van der Waals surface area (Å²) in [5.41, 5.74) is 3.37. The highest BCUT2D eigenvalue weighted by atomic mass is 35.5. The molecule has 0 saturated heterocycles. The molecule has 0 spiro atoms. The van der Waals surface area contributed by atoms with E-state index in [1.165, 1.54) is 5.56 Å². The molecule has 20 heavy (non-hydrogen) atoms. The fraction of sp³-hybridized carbons (Fsp3) is 0.250. The predicted molar refractivity (Wildman–Crippen MR) is 84.0 cm³/mol. The fourth-order valence-corrected chi connectivity index (χ4v) is 2.87. The lowest BCUT2D eigenvalue weighted by molar-refractivity contribution is 0.331. The van der Waals surface area contributed by atoms with Crippen molar-refractivity contribution in [2.24, 2.45) is 0 Å². The van der Waals surface area contributed by atoms with Crippen molar-refractivity contribution in [3.63, 3.8) is 0 Å². The number of alkyl halides is 1. The molecule has 0 atom stereocenters. The minimum atomic E-state index is 0.478. The second-order valence-corrected chi connectivity index (χ2v) is 5.49. The van der Waals surface area contributed by atoms with Crippen molar-refractivity contribution in [3.05, 3.63) is 58.6 Å². The number of fused-ring (bicyclic) bond motifs is 1. The predicted octanol–water partition coefficient (Wildman–Crippen LogP) is 4.48. The third-order valence-corrected chi connectivity index (χ3v) is 4.01. The maximum absolute atomic E-state index is 6.13. The summed E-state index contributed by atoms with van der Waals surface area (Å²) in [6.45, 7) is 2.28. The zero-order chi connectivity index (χ0) is 13.9. The van der Waals surface area contributed by atoms with Crippen LogP contribution in [0.15, 0.2) is 42.5 Å². The van der Waals surface area contributed by atoms with E-state index >= 15 is 0 Å². The summed E-state index contributed by atoms with van der Waals surface area (Å²) in [7, 11) is 0. The van der Waals surface area contributed by atoms with Crippen molar-refractivity contribution in [1.29, 1.82) is 0 Å². The Balaban J connectivity index is 1.97. The van der Waals surface area contributed by atoms with Crippen LogP contribution in [0.1, 0.15) is 11.1 Å². The highest BCUT2D eigenvalue weighted by Gasteiger charge is 2.17. The molecule has 0 amide bonds. The zero-order valence-electron chi connectivity index (χ0n) is 11.0. The maximum atomic E-state index is 6.13. The summed E-state index contributed by atoms with van der Waals surface area (Å²) < 4.78 is 5.80. The third-order valence-electron chi connectivity index (χ3n) is 3.48. The first kappa shape index (κ1) is 13.6. The molecule has 1 aliphatic heterocycles. The number of nitrogens with zero attached hydrogens (tertiary/aromatic N) is 1. The number of halogens is 2. The van der Waals surface area contributed by atoms with E-state index in [-0.39, 0.29) is 0 Å². The molecular weight excluding hydrogens is 293 g/mol. The summed E-state index contributed by atoms with van der Waals surface area (Å²) in [5, 5.41) is 0.729. The lowest BCUT2D eigenvalue weighted by Crippen LogP contribution is -2.26. The highest BCUT2D eigenvalue weighted by molar-refractivity contribution is 6.31. The topological polar surface area (TPSA) is 12.5 Å². The van der Waals surface area contributed by atoms with Crippen LogP contribution in [0.3, 0.4) is 0 Å². The van der Waals surface area contributed by atoms with Crippen LogP contribution in [-0.4, -0.2) is 13.2 Å². The lowest BCUT2D eigenvalue weighted by Gasteiger charge is -2.24. The van der Waals surface area contributed by atoms with Crippen molar-refractivity contribution in [3.8, 4) is 5.75 Å². The smallest absolute Gasteiger partial charge is 0.124 e. The second-order valence-electron chi connectivity index (χ2n) is 4.78. The van der Waals surface area contributed by atoms with E-state index in [0.29, 0.717) is 12.5 Å². The van der Waals surface area contributed by atoms with E-state index in [2.05, 4.69) is 11.0 Å². The number of para-hydroxylation sites is 1. The molecule has 0 saturated carbocycles. The van der Waals surface area contributed by atoms with E-state index in [1.54, 1.807) is 0 Å². The Bertz CT molecular complexity index is 615. The van der Waals surface area contributed by atoms with Gasteiger partial charge in [-0.05, 0) is 23.8 Å². The minimum Gasteiger partial charge on any atom is -0.491 e. The van der Waals surface area contributed by atoms with Crippen LogP contribution in [0.5, 0.6) is 5.75 Å². The molecule has 0 bridgehead atoms. The number of benzene rings is 2. The molecule has 104 valence electrons. The molecule has 2 nitrogen and oxygen atoms in total. The van der Waals surface area contributed by atoms with Crippen molar-refractivity contribution in [1.82, 2.24) is 0 Å². The van der Waals surface area contributed by atoms with Crippen molar-refractivity contribution >= 4 is 28.9 Å². The molecule has 0 unspecified atom stereocenters. The molecule has 0 radical (unpaired) electrons. The molecule has 0 aliphatic carbocycles. The van der Waals surface area contributed by atoms with Gasteiger partial charge in [0.05, 0.1) is 6.54 Å². The molecule has 2 aromatic rings. The van der Waals surface area contributed by atoms with Gasteiger partial charge in [0, 0.05) is 28.7 Å². The lowest BCUT2D eigenvalue weighted by atomic mass is 10.1. The van der Waals surface area contributed by atoms with Gasteiger partial charge in [0.25, 0.3) is 0 Å². The van der Waals surface area contributed by atoms with Crippen LogP contribution in [0, 0.1) is 0 Å². The Hall–Kier alpha value is -1.38. The van der Waals surface area contributed by atoms with Crippen LogP contribution in [0.4, 0.5) is 5.69 Å². The highest BCUT2D eigenvalue weighted by Crippen LogP contribution is 2.30. The Morgan fingerprint density at radius 1 is 1.15 bits per heavy atom. The van der Waals surface area contributed by atoms with Gasteiger partial charge >= 0.3 is 0 Å². The first-order chi connectivity index (χ1) is 9.78. The van der Waals surface area contributed by atoms with Crippen LogP contribution in [0.2, 0.25) is 5.02 Å². The van der Waals surface area contributed by atoms with Gasteiger partial charge in [-0.2, -0.15) is 0 Å². The molecule has 1 heterocycles. The summed E-state index contributed by atoms with van der Waals surface area (Å²) in [6, 6.07) is 14.0. The monoisotopic (exact) mass is 307 g/mol. The van der Waals surface area contributed by atoms with Crippen molar-refractivity contribution in [2.75, 3.05) is 18.1 Å². The summed E-state index contributed by atoms with van der Waals surface area (Å²) in [5.74, 6) is 1.44. The van der Waals surface area contributed by atoms with Gasteiger partial charge in [-0.3, -0.25) is 0 Å². The van der Waals surface area contributed by atoms with E-state index in [0.717, 1.165) is 35.1 Å². The Labute approximate surface area is 128 Å². The van der Waals surface area contributed by atoms with Gasteiger partial charge in [0.1, 0.15) is 12.4 Å². The number of ether oxygens (including phenoxy) is 1. The number of rotatable bonds is 2. The quantitative estimate of drug-likeness (QED) is 0.759. The summed E-state index contributed by atoms with van der Waals surface area (Å²) in [4.78, 5) is 2.27. The second kappa shape index (κ2) is 5.94. The first-order valence-electron chi connectivity index (χ1n) is 6.58. The fourth-order valence-electron chi connectivity index (χ4n) is 2.48. The van der Waals surface area contributed by atoms with Gasteiger partial charge < -0.3 is 9.64 Å². The van der Waals surface area contributed by atoms with Gasteiger partial charge in [-0.15, -0.1) is 11.6 Å². The first-order valence-corrected chi connectivity index (χ1v) is 7.49. The maximum Gasteiger partial charge on any atom is 0.124 e. The molecule has 1 aliphatic rings. The van der Waals surface area contributed by atoms with Gasteiger partial charge in [-0.1, -0.05) is 35.9 Å². The average Bonchev–Trinajstić information content (AvgIpc) is 2.69. The van der Waals surface area contributed by atoms with Crippen LogP contribution < -0.4 is 9.64 Å². The van der Waals surface area contributed by atoms with E-state index in [1.807, 2.05) is 36.4 Å². The average molecular weight is 308 g/mol. The Morgan fingerprint density at radius 3 is 2.85 bits per heavy atom. The van der Waals surface area contributed by atoms with E-state index in [4.69, 9.17) is 27.9 Å². The van der Waals surface area contributed by atoms with Crippen LogP contribution >= 0.6 is 23.2 Å². The van der Waals surface area contributed by atoms with E-state index < -0.39 is 0 Å². The standard InChI is InChI=1S/C16H15Cl2NO/c17-10-12-5-6-14(18)9-15(12)19-7-8-20-16-4-2-1-3-13(16)11-19/h1-6,9H,7-8,10-11H2. The molecule has 0 aromatic heterocycles. The zero-order valence-corrected chi connectivity index (χ0v) is 12.5. The molecule has 2 aromatic carbocycles. The van der Waals surface area contributed by atoms with Crippen LogP contribution in [0.25, 0.3) is 0 Å². The molecular formula is C16H15Cl2NO. The number of hydrogen-bond acceptors (Lipinski definition) is 2. The molecule has 4 heteroatoms. The van der Waals surface area contributed by atoms with Crippen molar-refractivity contribution < 1.29 is 4.74 Å². The Morgan fingerprint density at radius 2 is 2.00 bits per heavy atom. The normalized spacial score (nSPS) is 14.4. The minimum absolute atomic E-state index is 0.478. The van der Waals surface area contributed by atoms with Crippen molar-refractivity contribution in [2.45, 2.75) is 12.4 Å². The third kappa shape index (κ3) is 2.72. The number of anilines is 1. The largest absolute Gasteiger partial charge is 0.491 e. The SMILES string of the molecule is ClCc1ccc(Cl)cc1N1CCOc2ccccc2C1. The van der Waals surface area contributed by atoms with Gasteiger partial charge in [0.2, 0.25) is 0 Å². The van der Waals surface area contributed by atoms with Gasteiger partial charge in [-0.25, -0.2) is 0 Å². The molecule has 0 fully saturated rings. The molecule has 3 rings (SSSR count). The van der Waals surface area contributed by atoms with Crippen LogP contribution in [-0.2, 0) is 12.4 Å². The Kier molecular flexibility index (Phi) is 4.04. The number of hydrogen-bond donors (Lipinski definition) is 0. The summed E-state index contributed by atoms with van der Waals surface area (Å²) >= 11 is 12.2. The van der Waals surface area contributed by atoms with E-state index in [9.17, 15) is 0 Å². The molecule has 0 N–H and O–H groups in total. The van der Waals surface area contributed by atoms with Gasteiger partial charge in [0.15, 0.2) is 0 Å².